The van der Waals surface area contributed by atoms with Crippen LogP contribution in [0.3, 0.4) is 0 Å². The van der Waals surface area contributed by atoms with Crippen molar-refractivity contribution < 1.29 is 10.2 Å². The fraction of sp³-hybridized carbons (Fsp3) is 0. The van der Waals surface area contributed by atoms with Gasteiger partial charge in [0.2, 0.25) is 0 Å². The van der Waals surface area contributed by atoms with Crippen LogP contribution in [0, 0.1) is 0 Å². The second-order valence-corrected chi connectivity index (χ2v) is 5.01. The summed E-state index contributed by atoms with van der Waals surface area (Å²) in [5.74, 6) is 0.823. The van der Waals surface area contributed by atoms with Gasteiger partial charge >= 0.3 is 0 Å². The Kier molecular flexibility index (Phi) is 4.62. The summed E-state index contributed by atoms with van der Waals surface area (Å²) < 4.78 is 0. The highest BCUT2D eigenvalue weighted by Gasteiger charge is 2.01. The number of hydrogen-bond acceptors (Lipinski definition) is 5. The van der Waals surface area contributed by atoms with Crippen LogP contribution in [0.15, 0.2) is 76.8 Å². The Morgan fingerprint density at radius 3 is 2.38 bits per heavy atom. The maximum Gasteiger partial charge on any atom is 0.178 e. The summed E-state index contributed by atoms with van der Waals surface area (Å²) in [6.07, 6.45) is 4.86. The van der Waals surface area contributed by atoms with Crippen LogP contribution in [0.4, 0.5) is 11.5 Å². The summed E-state index contributed by atoms with van der Waals surface area (Å²) in [6, 6.07) is 17.3. The first-order valence-electron chi connectivity index (χ1n) is 7.32. The topological polar surface area (TPSA) is 78.1 Å². The predicted molar refractivity (Wildman–Crippen MR) is 95.0 cm³/mol. The van der Waals surface area contributed by atoms with Crippen LogP contribution in [-0.2, 0) is 0 Å². The van der Waals surface area contributed by atoms with Crippen LogP contribution in [0.25, 0.3) is 0 Å². The molecule has 0 aliphatic rings. The highest BCUT2D eigenvalue weighted by atomic mass is 16.3. The van der Waals surface area contributed by atoms with Gasteiger partial charge in [0, 0.05) is 24.2 Å². The van der Waals surface area contributed by atoms with E-state index in [9.17, 15) is 10.2 Å². The quantitative estimate of drug-likeness (QED) is 0.714. The van der Waals surface area contributed by atoms with Gasteiger partial charge < -0.3 is 10.2 Å². The molecule has 2 N–H and O–H groups in total. The van der Waals surface area contributed by atoms with E-state index in [-0.39, 0.29) is 11.5 Å². The van der Waals surface area contributed by atoms with E-state index in [0.29, 0.717) is 17.1 Å². The summed E-state index contributed by atoms with van der Waals surface area (Å²) in [5.41, 5.74) is 2.07. The van der Waals surface area contributed by atoms with Gasteiger partial charge in [0.25, 0.3) is 0 Å². The number of phenols is 2. The normalized spacial score (nSPS) is 11.3. The number of rotatable bonds is 4. The van der Waals surface area contributed by atoms with Crippen molar-refractivity contribution in [3.05, 3.63) is 78.0 Å². The van der Waals surface area contributed by atoms with E-state index >= 15 is 0 Å². The minimum Gasteiger partial charge on any atom is -0.508 e. The molecule has 0 saturated carbocycles. The van der Waals surface area contributed by atoms with Crippen LogP contribution >= 0.6 is 0 Å². The van der Waals surface area contributed by atoms with Gasteiger partial charge in [-0.25, -0.2) is 9.98 Å². The van der Waals surface area contributed by atoms with Gasteiger partial charge in [-0.2, -0.15) is 0 Å². The van der Waals surface area contributed by atoms with Gasteiger partial charge in [-0.15, -0.1) is 0 Å². The number of aromatic nitrogens is 1. The summed E-state index contributed by atoms with van der Waals surface area (Å²) in [6.45, 7) is 0. The molecule has 24 heavy (non-hydrogen) atoms. The zero-order valence-electron chi connectivity index (χ0n) is 12.7. The van der Waals surface area contributed by atoms with E-state index in [1.165, 1.54) is 0 Å². The van der Waals surface area contributed by atoms with Crippen molar-refractivity contribution in [1.82, 2.24) is 4.98 Å². The number of nitrogens with zero attached hydrogens (tertiary/aromatic N) is 3. The summed E-state index contributed by atoms with van der Waals surface area (Å²) >= 11 is 0. The highest BCUT2D eigenvalue weighted by Crippen LogP contribution is 2.25. The molecule has 0 radical (unpaired) electrons. The Bertz CT molecular complexity index is 887. The van der Waals surface area contributed by atoms with Crippen LogP contribution in [0.5, 0.6) is 11.5 Å². The number of aromatic hydroxyl groups is 2. The van der Waals surface area contributed by atoms with E-state index < -0.39 is 0 Å². The lowest BCUT2D eigenvalue weighted by molar-refractivity contribution is 0.474. The lowest BCUT2D eigenvalue weighted by atomic mass is 10.2. The molecule has 5 heteroatoms. The molecular weight excluding hydrogens is 302 g/mol. The average molecular weight is 317 g/mol. The van der Waals surface area contributed by atoms with Gasteiger partial charge in [0.15, 0.2) is 5.82 Å². The molecule has 3 aromatic rings. The second kappa shape index (κ2) is 7.19. The van der Waals surface area contributed by atoms with Gasteiger partial charge in [0.1, 0.15) is 17.2 Å². The molecule has 0 spiro atoms. The molecule has 1 aromatic heterocycles. The van der Waals surface area contributed by atoms with Crippen molar-refractivity contribution in [2.45, 2.75) is 0 Å². The van der Waals surface area contributed by atoms with Crippen molar-refractivity contribution in [2.75, 3.05) is 0 Å². The molecule has 0 amide bonds. The zero-order chi connectivity index (χ0) is 16.8. The maximum atomic E-state index is 9.77. The molecule has 0 saturated heterocycles. The number of phenolic OH excluding ortho intramolecular Hbond substituents is 2. The average Bonchev–Trinajstić information content (AvgIpc) is 2.61. The van der Waals surface area contributed by atoms with Crippen LogP contribution in [0.1, 0.15) is 11.1 Å². The van der Waals surface area contributed by atoms with Crippen molar-refractivity contribution in [2.24, 2.45) is 9.98 Å². The Hall–Kier alpha value is -3.47. The Balaban J connectivity index is 1.85. The molecule has 0 fully saturated rings. The van der Waals surface area contributed by atoms with E-state index in [4.69, 9.17) is 0 Å². The molecule has 0 bridgehead atoms. The number of aliphatic imine (C=N–C) groups is 2. The molecule has 2 aromatic carbocycles. The molecule has 0 aliphatic carbocycles. The first kappa shape index (κ1) is 15.4. The molecule has 1 heterocycles. The second-order valence-electron chi connectivity index (χ2n) is 5.01. The third kappa shape index (κ3) is 3.84. The Morgan fingerprint density at radius 2 is 1.58 bits per heavy atom. The van der Waals surface area contributed by atoms with Gasteiger partial charge in [0.05, 0.1) is 0 Å². The number of pyridine rings is 1. The van der Waals surface area contributed by atoms with Crippen molar-refractivity contribution in [1.29, 1.82) is 0 Å². The molecule has 0 aliphatic heterocycles. The first-order chi connectivity index (χ1) is 11.7. The summed E-state index contributed by atoms with van der Waals surface area (Å²) in [4.78, 5) is 12.9. The maximum absolute atomic E-state index is 9.77. The fourth-order valence-corrected chi connectivity index (χ4v) is 2.02. The first-order valence-corrected chi connectivity index (χ1v) is 7.32. The fourth-order valence-electron chi connectivity index (χ4n) is 2.02. The smallest absolute Gasteiger partial charge is 0.178 e. The van der Waals surface area contributed by atoms with E-state index in [2.05, 4.69) is 15.0 Å². The highest BCUT2D eigenvalue weighted by molar-refractivity contribution is 5.87. The Morgan fingerprint density at radius 1 is 0.792 bits per heavy atom. The standard InChI is InChI=1S/C19H15N3O2/c23-16-9-7-14(8-10-16)12-21-17-5-3-11-20-19(17)22-13-15-4-1-2-6-18(15)24/h1-13,23-24H/b21-12?,22-13+. The third-order valence-electron chi connectivity index (χ3n) is 3.27. The van der Waals surface area contributed by atoms with Gasteiger partial charge in [-0.05, 0) is 54.1 Å². The van der Waals surface area contributed by atoms with Gasteiger partial charge in [-0.1, -0.05) is 12.1 Å². The molecule has 3 rings (SSSR count). The van der Waals surface area contributed by atoms with E-state index in [0.717, 1.165) is 5.56 Å². The minimum absolute atomic E-state index is 0.159. The number of benzene rings is 2. The largest absolute Gasteiger partial charge is 0.508 e. The predicted octanol–water partition coefficient (Wildman–Crippen LogP) is 3.99. The lowest BCUT2D eigenvalue weighted by Crippen LogP contribution is -1.83. The summed E-state index contributed by atoms with van der Waals surface area (Å²) in [7, 11) is 0. The van der Waals surface area contributed by atoms with E-state index in [1.807, 2.05) is 6.07 Å². The van der Waals surface area contributed by atoms with Crippen LogP contribution < -0.4 is 0 Å². The molecule has 118 valence electrons. The monoisotopic (exact) mass is 317 g/mol. The molecule has 0 atom stereocenters. The van der Waals surface area contributed by atoms with Crippen molar-refractivity contribution in [3.8, 4) is 11.5 Å². The molecule has 5 nitrogen and oxygen atoms in total. The number of hydrogen-bond donors (Lipinski definition) is 2. The van der Waals surface area contributed by atoms with Crippen LogP contribution in [-0.4, -0.2) is 27.6 Å². The van der Waals surface area contributed by atoms with E-state index in [1.54, 1.807) is 73.2 Å². The molecular formula is C19H15N3O2. The van der Waals surface area contributed by atoms with Crippen LogP contribution in [0.2, 0.25) is 0 Å². The summed E-state index contributed by atoms with van der Waals surface area (Å²) in [5, 5.41) is 19.1. The lowest BCUT2D eigenvalue weighted by Gasteiger charge is -2.00. The molecule has 0 unspecified atom stereocenters. The third-order valence-corrected chi connectivity index (χ3v) is 3.27. The van der Waals surface area contributed by atoms with Crippen molar-refractivity contribution >= 4 is 23.9 Å². The Labute approximate surface area is 139 Å². The number of para-hydroxylation sites is 1. The van der Waals surface area contributed by atoms with Crippen molar-refractivity contribution in [3.63, 3.8) is 0 Å². The zero-order valence-corrected chi connectivity index (χ0v) is 12.7. The minimum atomic E-state index is 0.159. The van der Waals surface area contributed by atoms with Gasteiger partial charge in [-0.3, -0.25) is 4.99 Å². The SMILES string of the molecule is Oc1ccc(C=Nc2cccnc2/N=C/c2ccccc2O)cc1.